The van der Waals surface area contributed by atoms with E-state index in [2.05, 4.69) is 27.3 Å². The second-order valence-corrected chi connectivity index (χ2v) is 15.4. The highest BCUT2D eigenvalue weighted by Gasteiger charge is 2.72. The van der Waals surface area contributed by atoms with Crippen LogP contribution in [0.15, 0.2) is 30.3 Å². The zero-order valence-electron chi connectivity index (χ0n) is 28.0. The number of hydrogen-bond acceptors (Lipinski definition) is 6. The molecule has 2 amide bonds. The molecule has 4 saturated carbocycles. The summed E-state index contributed by atoms with van der Waals surface area (Å²) in [7, 11) is 1.64. The number of methoxy groups -OCH3 is 1. The van der Waals surface area contributed by atoms with Crippen molar-refractivity contribution in [2.75, 3.05) is 26.7 Å². The number of aromatic nitrogens is 4. The van der Waals surface area contributed by atoms with E-state index in [4.69, 9.17) is 14.7 Å². The average molecular weight is 654 g/mol. The van der Waals surface area contributed by atoms with E-state index < -0.39 is 11.1 Å². The molecular formula is C37H44FN7O3. The summed E-state index contributed by atoms with van der Waals surface area (Å²) in [6.07, 6.45) is 6.87. The molecule has 0 radical (unpaired) electrons. The molecule has 0 spiro atoms. The van der Waals surface area contributed by atoms with Crippen LogP contribution in [0.4, 0.5) is 4.39 Å². The Labute approximate surface area is 279 Å². The number of piperidine rings is 2. The lowest BCUT2D eigenvalue weighted by molar-refractivity contribution is -0.214. The van der Waals surface area contributed by atoms with E-state index in [-0.39, 0.29) is 17.9 Å². The zero-order chi connectivity index (χ0) is 32.9. The maximum Gasteiger partial charge on any atom is 0.254 e. The fourth-order valence-corrected chi connectivity index (χ4v) is 9.04. The lowest BCUT2D eigenvalue weighted by atomic mass is 9.42. The molecule has 2 bridgehead atoms. The molecule has 4 aromatic heterocycles. The van der Waals surface area contributed by atoms with Gasteiger partial charge in [0.05, 0.1) is 35.6 Å². The van der Waals surface area contributed by atoms with Gasteiger partial charge in [0.25, 0.3) is 5.91 Å². The molecule has 2 aliphatic heterocycles. The predicted octanol–water partition coefficient (Wildman–Crippen LogP) is 5.36. The summed E-state index contributed by atoms with van der Waals surface area (Å²) in [6, 6.07) is 9.99. The minimum atomic E-state index is -1.11. The predicted molar refractivity (Wildman–Crippen MR) is 180 cm³/mol. The summed E-state index contributed by atoms with van der Waals surface area (Å²) >= 11 is 0. The van der Waals surface area contributed by atoms with Gasteiger partial charge >= 0.3 is 0 Å². The fourth-order valence-electron chi connectivity index (χ4n) is 9.04. The van der Waals surface area contributed by atoms with Crippen LogP contribution >= 0.6 is 0 Å². The maximum atomic E-state index is 14.1. The molecular weight excluding hydrogens is 609 g/mol. The highest BCUT2D eigenvalue weighted by molar-refractivity contribution is 5.96. The number of likely N-dealkylation sites (tertiary alicyclic amines) is 1. The summed E-state index contributed by atoms with van der Waals surface area (Å²) in [5.41, 5.74) is 4.00. The van der Waals surface area contributed by atoms with Gasteiger partial charge in [-0.15, -0.1) is 0 Å². The largest absolute Gasteiger partial charge is 0.482 e. The Bertz CT molecular complexity index is 1960. The van der Waals surface area contributed by atoms with Crippen molar-refractivity contribution in [1.82, 2.24) is 34.5 Å². The van der Waals surface area contributed by atoms with Crippen molar-refractivity contribution >= 4 is 28.5 Å². The number of imidazole rings is 1. The van der Waals surface area contributed by atoms with E-state index in [1.54, 1.807) is 7.11 Å². The van der Waals surface area contributed by atoms with Crippen molar-refractivity contribution in [1.29, 1.82) is 0 Å². The minimum Gasteiger partial charge on any atom is -0.482 e. The second kappa shape index (κ2) is 10.8. The van der Waals surface area contributed by atoms with Gasteiger partial charge in [0.1, 0.15) is 22.7 Å². The SMILES string of the molecule is COc1cc(C(=O)N2CC[C@H]3CCCN[C@H]3C2)cc2nc(-c3cc4ccc([C@@H](C)NC(=O)C56CC(F)(C5)C6)nc4n3CC3CC3)c(C)n12. The Kier molecular flexibility index (Phi) is 6.74. The molecule has 6 aliphatic rings. The van der Waals surface area contributed by atoms with Gasteiger partial charge in [0.15, 0.2) is 5.88 Å². The van der Waals surface area contributed by atoms with Crippen LogP contribution in [-0.4, -0.2) is 74.1 Å². The van der Waals surface area contributed by atoms with Crippen molar-refractivity contribution in [3.63, 3.8) is 0 Å². The molecule has 4 aliphatic carbocycles. The number of aryl methyl sites for hydroxylation is 1. The van der Waals surface area contributed by atoms with Gasteiger partial charge in [-0.1, -0.05) is 0 Å². The minimum absolute atomic E-state index is 0.0165. The highest BCUT2D eigenvalue weighted by atomic mass is 19.1. The second-order valence-electron chi connectivity index (χ2n) is 15.4. The number of fused-ring (bicyclic) bond motifs is 3. The number of pyridine rings is 2. The van der Waals surface area contributed by atoms with Gasteiger partial charge in [0, 0.05) is 42.7 Å². The lowest BCUT2D eigenvalue weighted by Gasteiger charge is -2.64. The first-order valence-corrected chi connectivity index (χ1v) is 17.7. The number of nitrogens with zero attached hydrogens (tertiary/aromatic N) is 5. The quantitative estimate of drug-likeness (QED) is 0.265. The van der Waals surface area contributed by atoms with E-state index in [0.29, 0.717) is 54.2 Å². The summed E-state index contributed by atoms with van der Waals surface area (Å²) in [4.78, 5) is 39.1. The zero-order valence-corrected chi connectivity index (χ0v) is 28.0. The Balaban J connectivity index is 1.05. The third kappa shape index (κ3) is 4.75. The smallest absolute Gasteiger partial charge is 0.254 e. The number of nitrogens with one attached hydrogen (secondary N) is 2. The summed E-state index contributed by atoms with van der Waals surface area (Å²) in [5, 5.41) is 7.75. The van der Waals surface area contributed by atoms with Crippen molar-refractivity contribution in [2.24, 2.45) is 17.3 Å². The van der Waals surface area contributed by atoms with Crippen LogP contribution in [0.25, 0.3) is 28.1 Å². The number of amides is 2. The Morgan fingerprint density at radius 3 is 2.69 bits per heavy atom. The first-order chi connectivity index (χ1) is 23.1. The molecule has 48 heavy (non-hydrogen) atoms. The standard InChI is InChI=1S/C37H44FN7O3/c1-21(40-35(47)36-18-37(38,19-36)20-36)27-9-8-25-13-29(44(33(25)41-27)16-23-6-7-23)32-22(2)45-30(42-32)14-26(15-31(45)48-3)34(46)43-12-10-24-5-4-11-39-28(24)17-43/h8-9,13-15,21,23-24,28,39H,4-7,10-12,16-20H2,1-3H3,(H,40,47)/t21-,24-,28+,36?,37?/m1/s1. The van der Waals surface area contributed by atoms with Gasteiger partial charge in [0.2, 0.25) is 5.91 Å². The van der Waals surface area contributed by atoms with E-state index in [0.717, 1.165) is 66.4 Å². The molecule has 4 aromatic rings. The van der Waals surface area contributed by atoms with Crippen molar-refractivity contribution in [2.45, 2.75) is 89.5 Å². The summed E-state index contributed by atoms with van der Waals surface area (Å²) < 4.78 is 24.2. The van der Waals surface area contributed by atoms with E-state index in [1.807, 2.05) is 41.3 Å². The molecule has 2 saturated heterocycles. The third-order valence-electron chi connectivity index (χ3n) is 12.0. The Morgan fingerprint density at radius 2 is 1.94 bits per heavy atom. The van der Waals surface area contributed by atoms with Gasteiger partial charge < -0.3 is 24.8 Å². The highest BCUT2D eigenvalue weighted by Crippen LogP contribution is 2.69. The number of hydrogen-bond donors (Lipinski definition) is 2. The molecule has 2 N–H and O–H groups in total. The molecule has 0 aromatic carbocycles. The molecule has 6 fully saturated rings. The number of halogens is 1. The van der Waals surface area contributed by atoms with Crippen LogP contribution in [-0.2, 0) is 11.3 Å². The normalized spacial score (nSPS) is 28.5. The van der Waals surface area contributed by atoms with Gasteiger partial charge in [-0.3, -0.25) is 14.0 Å². The van der Waals surface area contributed by atoms with Crippen LogP contribution in [0.5, 0.6) is 5.88 Å². The average Bonchev–Trinajstić information content (AvgIpc) is 3.74. The maximum absolute atomic E-state index is 14.1. The van der Waals surface area contributed by atoms with Crippen molar-refractivity contribution in [3.8, 4) is 17.3 Å². The first-order valence-electron chi connectivity index (χ1n) is 17.7. The van der Waals surface area contributed by atoms with Crippen molar-refractivity contribution in [3.05, 3.63) is 47.3 Å². The summed E-state index contributed by atoms with van der Waals surface area (Å²) in [6.45, 7) is 7.34. The number of alkyl halides is 1. The van der Waals surface area contributed by atoms with Crippen LogP contribution in [0.1, 0.15) is 86.1 Å². The van der Waals surface area contributed by atoms with Crippen LogP contribution in [0.2, 0.25) is 0 Å². The van der Waals surface area contributed by atoms with Gasteiger partial charge in [-0.2, -0.15) is 0 Å². The Hall–Kier alpha value is -3.99. The van der Waals surface area contributed by atoms with Gasteiger partial charge in [-0.05, 0) is 108 Å². The molecule has 10 nitrogen and oxygen atoms in total. The molecule has 0 unspecified atom stereocenters. The molecule has 6 heterocycles. The monoisotopic (exact) mass is 653 g/mol. The van der Waals surface area contributed by atoms with Gasteiger partial charge in [-0.25, -0.2) is 14.4 Å². The Morgan fingerprint density at radius 1 is 1.12 bits per heavy atom. The van der Waals surface area contributed by atoms with E-state index >= 15 is 0 Å². The molecule has 10 rings (SSSR count). The number of carbonyl (C=O) groups is 2. The fraction of sp³-hybridized carbons (Fsp3) is 0.568. The summed E-state index contributed by atoms with van der Waals surface area (Å²) in [5.74, 6) is 1.76. The van der Waals surface area contributed by atoms with Crippen LogP contribution in [0, 0.1) is 24.2 Å². The topological polar surface area (TPSA) is 106 Å². The van der Waals surface area contributed by atoms with Crippen LogP contribution < -0.4 is 15.4 Å². The van der Waals surface area contributed by atoms with E-state index in [1.165, 1.54) is 25.7 Å². The number of ether oxygens (including phenoxy) is 1. The number of rotatable bonds is 8. The van der Waals surface area contributed by atoms with E-state index in [9.17, 15) is 14.0 Å². The number of carbonyl (C=O) groups excluding carboxylic acids is 2. The lowest BCUT2D eigenvalue weighted by Crippen LogP contribution is -2.70. The van der Waals surface area contributed by atoms with Crippen LogP contribution in [0.3, 0.4) is 0 Å². The third-order valence-corrected chi connectivity index (χ3v) is 12.0. The van der Waals surface area contributed by atoms with Crippen molar-refractivity contribution < 1.29 is 18.7 Å². The molecule has 252 valence electrons. The first kappa shape index (κ1) is 30.1. The molecule has 11 heteroatoms. The molecule has 3 atom stereocenters.